The van der Waals surface area contributed by atoms with E-state index in [1.54, 1.807) is 5.38 Å². The van der Waals surface area contributed by atoms with Crippen molar-refractivity contribution in [2.45, 2.75) is 19.4 Å². The molecule has 0 aliphatic carbocycles. The first-order valence-electron chi connectivity index (χ1n) is 9.99. The Morgan fingerprint density at radius 3 is 2.71 bits per heavy atom. The molecule has 1 unspecified atom stereocenters. The van der Waals surface area contributed by atoms with Crippen LogP contribution in [0, 0.1) is 0 Å². The lowest BCUT2D eigenvalue weighted by Crippen LogP contribution is -2.42. The smallest absolute Gasteiger partial charge is 0.358 e. The number of hydrogen-bond donors (Lipinski definition) is 1. The quantitative estimate of drug-likeness (QED) is 0.569. The molecule has 0 spiro atoms. The van der Waals surface area contributed by atoms with Crippen molar-refractivity contribution in [1.29, 1.82) is 0 Å². The number of aromatic nitrogens is 1. The number of esters is 1. The summed E-state index contributed by atoms with van der Waals surface area (Å²) in [5.41, 5.74) is 2.36. The van der Waals surface area contributed by atoms with Gasteiger partial charge in [0.15, 0.2) is 23.8 Å². The van der Waals surface area contributed by atoms with Crippen molar-refractivity contribution in [3.8, 4) is 22.1 Å². The van der Waals surface area contributed by atoms with Gasteiger partial charge in [0.2, 0.25) is 0 Å². The molecule has 1 aliphatic rings. The fourth-order valence-corrected chi connectivity index (χ4v) is 3.83. The molecular formula is C23H22N2O5S. The standard InChI is InChI=1S/C23H22N2O5S/c1-2-15-7-9-16(10-8-15)22-25-18(14-31-22)23(27)29-13-21(26)24-11-17-12-28-19-5-3-4-6-20(19)30-17/h3-10,14,17H,2,11-13H2,1H3,(H,24,26). The molecule has 1 aliphatic heterocycles. The molecule has 4 rings (SSSR count). The minimum absolute atomic E-state index is 0.188. The second-order valence-electron chi connectivity index (χ2n) is 6.97. The molecule has 1 amide bonds. The first-order chi connectivity index (χ1) is 15.1. The summed E-state index contributed by atoms with van der Waals surface area (Å²) in [6.45, 7) is 2.29. The summed E-state index contributed by atoms with van der Waals surface area (Å²) in [5, 5.41) is 5.06. The van der Waals surface area contributed by atoms with E-state index >= 15 is 0 Å². The third-order valence-electron chi connectivity index (χ3n) is 4.75. The molecule has 0 bridgehead atoms. The summed E-state index contributed by atoms with van der Waals surface area (Å²) in [6, 6.07) is 15.4. The highest BCUT2D eigenvalue weighted by Gasteiger charge is 2.21. The Labute approximate surface area is 184 Å². The third-order valence-corrected chi connectivity index (χ3v) is 5.64. The zero-order valence-electron chi connectivity index (χ0n) is 17.0. The molecule has 0 saturated heterocycles. The summed E-state index contributed by atoms with van der Waals surface area (Å²) in [6.07, 6.45) is 0.653. The first kappa shape index (κ1) is 20.9. The maximum Gasteiger partial charge on any atom is 0.358 e. The number of para-hydroxylation sites is 2. The molecule has 2 heterocycles. The van der Waals surface area contributed by atoms with Crippen molar-refractivity contribution in [2.24, 2.45) is 0 Å². The Morgan fingerprint density at radius 2 is 1.94 bits per heavy atom. The van der Waals surface area contributed by atoms with Gasteiger partial charge in [-0.2, -0.15) is 0 Å². The van der Waals surface area contributed by atoms with Gasteiger partial charge in [0, 0.05) is 10.9 Å². The van der Waals surface area contributed by atoms with E-state index in [1.165, 1.54) is 16.9 Å². The van der Waals surface area contributed by atoms with Crippen LogP contribution in [0.15, 0.2) is 53.9 Å². The van der Waals surface area contributed by atoms with Gasteiger partial charge in [0.05, 0.1) is 6.54 Å². The number of amides is 1. The normalized spacial score (nSPS) is 14.7. The summed E-state index contributed by atoms with van der Waals surface area (Å²) in [7, 11) is 0. The lowest BCUT2D eigenvalue weighted by molar-refractivity contribution is -0.124. The van der Waals surface area contributed by atoms with Gasteiger partial charge in [-0.3, -0.25) is 4.79 Å². The predicted octanol–water partition coefficient (Wildman–Crippen LogP) is 3.49. The molecule has 2 aromatic carbocycles. The van der Waals surface area contributed by atoms with Gasteiger partial charge in [-0.15, -0.1) is 11.3 Å². The molecule has 1 aromatic heterocycles. The lowest BCUT2D eigenvalue weighted by Gasteiger charge is -2.26. The van der Waals surface area contributed by atoms with Crippen molar-refractivity contribution in [1.82, 2.24) is 10.3 Å². The van der Waals surface area contributed by atoms with Gasteiger partial charge >= 0.3 is 5.97 Å². The number of fused-ring (bicyclic) bond motifs is 1. The number of rotatable bonds is 7. The first-order valence-corrected chi connectivity index (χ1v) is 10.9. The molecule has 0 fully saturated rings. The molecule has 3 aromatic rings. The maximum atomic E-state index is 12.2. The molecule has 31 heavy (non-hydrogen) atoms. The van der Waals surface area contributed by atoms with Crippen LogP contribution < -0.4 is 14.8 Å². The van der Waals surface area contributed by atoms with E-state index in [-0.39, 0.29) is 24.9 Å². The Hall–Kier alpha value is -3.39. The van der Waals surface area contributed by atoms with E-state index in [2.05, 4.69) is 17.2 Å². The number of nitrogens with zero attached hydrogens (tertiary/aromatic N) is 1. The Kier molecular flexibility index (Phi) is 6.47. The van der Waals surface area contributed by atoms with E-state index in [0.717, 1.165) is 17.0 Å². The highest BCUT2D eigenvalue weighted by atomic mass is 32.1. The average molecular weight is 439 g/mol. The topological polar surface area (TPSA) is 86.8 Å². The molecule has 1 N–H and O–H groups in total. The number of carbonyl (C=O) groups is 2. The summed E-state index contributed by atoms with van der Waals surface area (Å²) < 4.78 is 16.5. The van der Waals surface area contributed by atoms with Gasteiger partial charge in [-0.1, -0.05) is 43.3 Å². The van der Waals surface area contributed by atoms with Crippen LogP contribution in [0.3, 0.4) is 0 Å². The number of hydrogen-bond acceptors (Lipinski definition) is 7. The Bertz CT molecular complexity index is 1060. The Morgan fingerprint density at radius 1 is 1.16 bits per heavy atom. The second kappa shape index (κ2) is 9.61. The molecule has 1 atom stereocenters. The number of aryl methyl sites for hydroxylation is 1. The zero-order valence-corrected chi connectivity index (χ0v) is 17.8. The average Bonchev–Trinajstić information content (AvgIpc) is 3.31. The molecular weight excluding hydrogens is 416 g/mol. The molecule has 7 nitrogen and oxygen atoms in total. The summed E-state index contributed by atoms with van der Waals surface area (Å²) in [4.78, 5) is 28.6. The molecule has 160 valence electrons. The number of carbonyl (C=O) groups excluding carboxylic acids is 2. The fourth-order valence-electron chi connectivity index (χ4n) is 3.03. The summed E-state index contributed by atoms with van der Waals surface area (Å²) >= 11 is 1.36. The van der Waals surface area contributed by atoms with Crippen LogP contribution >= 0.6 is 11.3 Å². The minimum Gasteiger partial charge on any atom is -0.486 e. The highest BCUT2D eigenvalue weighted by molar-refractivity contribution is 7.13. The molecule has 8 heteroatoms. The largest absolute Gasteiger partial charge is 0.486 e. The highest BCUT2D eigenvalue weighted by Crippen LogP contribution is 2.30. The van der Waals surface area contributed by atoms with Crippen LogP contribution in [0.1, 0.15) is 23.0 Å². The number of ether oxygens (including phenoxy) is 3. The van der Waals surface area contributed by atoms with Crippen LogP contribution in [0.2, 0.25) is 0 Å². The van der Waals surface area contributed by atoms with Crippen molar-refractivity contribution < 1.29 is 23.8 Å². The van der Waals surface area contributed by atoms with E-state index in [9.17, 15) is 9.59 Å². The van der Waals surface area contributed by atoms with Crippen LogP contribution in [-0.2, 0) is 16.0 Å². The number of nitrogens with one attached hydrogen (secondary N) is 1. The van der Waals surface area contributed by atoms with E-state index in [1.807, 2.05) is 48.5 Å². The molecule has 0 radical (unpaired) electrons. The van der Waals surface area contributed by atoms with Crippen LogP contribution in [0.5, 0.6) is 11.5 Å². The number of benzene rings is 2. The molecule has 0 saturated carbocycles. The van der Waals surface area contributed by atoms with Gasteiger partial charge in [-0.05, 0) is 24.1 Å². The van der Waals surface area contributed by atoms with Crippen molar-refractivity contribution in [2.75, 3.05) is 19.8 Å². The van der Waals surface area contributed by atoms with E-state index in [4.69, 9.17) is 14.2 Å². The maximum absolute atomic E-state index is 12.2. The fraction of sp³-hybridized carbons (Fsp3) is 0.261. The third kappa shape index (κ3) is 5.21. The lowest BCUT2D eigenvalue weighted by atomic mass is 10.1. The van der Waals surface area contributed by atoms with Crippen LogP contribution in [0.25, 0.3) is 10.6 Å². The van der Waals surface area contributed by atoms with Crippen molar-refractivity contribution in [3.05, 3.63) is 65.2 Å². The monoisotopic (exact) mass is 438 g/mol. The van der Waals surface area contributed by atoms with Gasteiger partial charge in [-0.25, -0.2) is 9.78 Å². The van der Waals surface area contributed by atoms with Gasteiger partial charge in [0.25, 0.3) is 5.91 Å². The van der Waals surface area contributed by atoms with Crippen LogP contribution in [0.4, 0.5) is 0 Å². The van der Waals surface area contributed by atoms with E-state index < -0.39 is 11.9 Å². The number of thiazole rings is 1. The van der Waals surface area contributed by atoms with Crippen LogP contribution in [-0.4, -0.2) is 42.7 Å². The summed E-state index contributed by atoms with van der Waals surface area (Å²) in [5.74, 6) is 0.279. The predicted molar refractivity (Wildman–Crippen MR) is 117 cm³/mol. The zero-order chi connectivity index (χ0) is 21.6. The van der Waals surface area contributed by atoms with Gasteiger partial charge < -0.3 is 19.5 Å². The second-order valence-corrected chi connectivity index (χ2v) is 7.82. The van der Waals surface area contributed by atoms with Crippen molar-refractivity contribution in [3.63, 3.8) is 0 Å². The van der Waals surface area contributed by atoms with Gasteiger partial charge in [0.1, 0.15) is 17.7 Å². The SMILES string of the molecule is CCc1ccc(-c2nc(C(=O)OCC(=O)NCC3COc4ccccc4O3)cs2)cc1. The van der Waals surface area contributed by atoms with Crippen molar-refractivity contribution >= 4 is 23.2 Å². The van der Waals surface area contributed by atoms with E-state index in [0.29, 0.717) is 18.1 Å². The minimum atomic E-state index is -0.631. The Balaban J connectivity index is 1.23.